The molecule has 1 aromatic carbocycles. The Hall–Kier alpha value is -1.88. The lowest BCUT2D eigenvalue weighted by Crippen LogP contribution is -2.29. The van der Waals surface area contributed by atoms with Crippen LogP contribution >= 0.6 is 0 Å². The van der Waals surface area contributed by atoms with E-state index >= 15 is 0 Å². The smallest absolute Gasteiger partial charge is 0.224 e. The quantitative estimate of drug-likeness (QED) is 0.630. The maximum absolute atomic E-state index is 11.6. The van der Waals surface area contributed by atoms with Crippen LogP contribution in [-0.4, -0.2) is 18.4 Å². The van der Waals surface area contributed by atoms with Gasteiger partial charge in [0, 0.05) is 19.5 Å². The monoisotopic (exact) mass is 235 g/mol. The van der Waals surface area contributed by atoms with Gasteiger partial charge in [0.25, 0.3) is 0 Å². The van der Waals surface area contributed by atoms with E-state index in [1.165, 1.54) is 0 Å². The van der Waals surface area contributed by atoms with E-state index in [4.69, 9.17) is 11.5 Å². The third-order valence-electron chi connectivity index (χ3n) is 2.38. The van der Waals surface area contributed by atoms with Crippen LogP contribution in [0.3, 0.4) is 0 Å². The second kappa shape index (κ2) is 6.65. The van der Waals surface area contributed by atoms with Gasteiger partial charge in [0.1, 0.15) is 0 Å². The first-order valence-electron chi connectivity index (χ1n) is 5.45. The van der Waals surface area contributed by atoms with Gasteiger partial charge in [0.2, 0.25) is 11.8 Å². The Morgan fingerprint density at radius 1 is 1.18 bits per heavy atom. The summed E-state index contributed by atoms with van der Waals surface area (Å²) in [6.45, 7) is 0.684. The fourth-order valence-electron chi connectivity index (χ4n) is 1.49. The number of carbonyl (C=O) groups is 2. The Bertz CT molecular complexity index is 404. The van der Waals surface area contributed by atoms with Crippen molar-refractivity contribution in [2.75, 3.05) is 6.54 Å². The van der Waals surface area contributed by atoms with Crippen molar-refractivity contribution in [3.8, 4) is 0 Å². The van der Waals surface area contributed by atoms with Crippen LogP contribution in [0.25, 0.3) is 0 Å². The lowest BCUT2D eigenvalue weighted by atomic mass is 10.0. The highest BCUT2D eigenvalue weighted by atomic mass is 16.2. The van der Waals surface area contributed by atoms with E-state index in [2.05, 4.69) is 5.32 Å². The molecule has 0 saturated heterocycles. The number of hydrogen-bond donors (Lipinski definition) is 3. The molecule has 0 fully saturated rings. The van der Waals surface area contributed by atoms with Crippen molar-refractivity contribution in [2.45, 2.75) is 19.4 Å². The van der Waals surface area contributed by atoms with E-state index in [-0.39, 0.29) is 25.3 Å². The maximum Gasteiger partial charge on any atom is 0.224 e. The summed E-state index contributed by atoms with van der Waals surface area (Å²) in [4.78, 5) is 22.1. The minimum atomic E-state index is -0.423. The average Bonchev–Trinajstić information content (AvgIpc) is 2.29. The van der Waals surface area contributed by atoms with E-state index in [1.807, 2.05) is 24.3 Å². The highest BCUT2D eigenvalue weighted by Gasteiger charge is 2.06. The molecule has 0 radical (unpaired) electrons. The van der Waals surface area contributed by atoms with Crippen molar-refractivity contribution in [2.24, 2.45) is 11.5 Å². The third kappa shape index (κ3) is 4.65. The highest BCUT2D eigenvalue weighted by molar-refractivity contribution is 5.80. The largest absolute Gasteiger partial charge is 0.370 e. The Kier molecular flexibility index (Phi) is 5.16. The van der Waals surface area contributed by atoms with E-state index < -0.39 is 5.91 Å². The van der Waals surface area contributed by atoms with Crippen molar-refractivity contribution in [3.63, 3.8) is 0 Å². The van der Waals surface area contributed by atoms with E-state index in [9.17, 15) is 9.59 Å². The highest BCUT2D eigenvalue weighted by Crippen LogP contribution is 2.08. The Morgan fingerprint density at radius 3 is 2.41 bits per heavy atom. The fraction of sp³-hybridized carbons (Fsp3) is 0.333. The molecule has 2 amide bonds. The molecule has 0 bridgehead atoms. The van der Waals surface area contributed by atoms with Gasteiger partial charge in [-0.05, 0) is 11.1 Å². The maximum atomic E-state index is 11.6. The van der Waals surface area contributed by atoms with Gasteiger partial charge in [0.05, 0.1) is 6.42 Å². The predicted molar refractivity (Wildman–Crippen MR) is 64.9 cm³/mol. The number of carbonyl (C=O) groups excluding carboxylic acids is 2. The van der Waals surface area contributed by atoms with Gasteiger partial charge in [-0.15, -0.1) is 0 Å². The number of primary amides is 1. The molecule has 0 saturated carbocycles. The molecule has 0 aliphatic heterocycles. The summed E-state index contributed by atoms with van der Waals surface area (Å²) in [6, 6.07) is 7.52. The number of amides is 2. The summed E-state index contributed by atoms with van der Waals surface area (Å²) in [5.41, 5.74) is 12.4. The minimum absolute atomic E-state index is 0.132. The van der Waals surface area contributed by atoms with Crippen molar-refractivity contribution < 1.29 is 9.59 Å². The predicted octanol–water partition coefficient (Wildman–Crippen LogP) is -0.321. The Balaban J connectivity index is 2.47. The Morgan fingerprint density at radius 2 is 1.82 bits per heavy atom. The zero-order chi connectivity index (χ0) is 12.7. The molecule has 17 heavy (non-hydrogen) atoms. The van der Waals surface area contributed by atoms with E-state index in [0.717, 1.165) is 11.1 Å². The van der Waals surface area contributed by atoms with Crippen LogP contribution in [0, 0.1) is 0 Å². The van der Waals surface area contributed by atoms with Crippen LogP contribution in [-0.2, 0) is 22.6 Å². The standard InChI is InChI=1S/C12H17N3O2/c13-8-10-4-2-1-3-9(10)7-12(17)15-6-5-11(14)16/h1-4H,5-8,13H2,(H2,14,16)(H,15,17). The lowest BCUT2D eigenvalue weighted by molar-refractivity contribution is -0.120. The molecule has 0 atom stereocenters. The number of hydrogen-bond acceptors (Lipinski definition) is 3. The molecule has 5 heteroatoms. The van der Waals surface area contributed by atoms with E-state index in [0.29, 0.717) is 6.54 Å². The summed E-state index contributed by atoms with van der Waals surface area (Å²) in [6.07, 6.45) is 0.427. The van der Waals surface area contributed by atoms with Crippen LogP contribution < -0.4 is 16.8 Å². The fourth-order valence-corrected chi connectivity index (χ4v) is 1.49. The number of rotatable bonds is 6. The van der Waals surface area contributed by atoms with Crippen LogP contribution in [0.1, 0.15) is 17.5 Å². The molecular formula is C12H17N3O2. The summed E-state index contributed by atoms with van der Waals surface area (Å²) >= 11 is 0. The topological polar surface area (TPSA) is 98.2 Å². The van der Waals surface area contributed by atoms with Crippen LogP contribution in [0.2, 0.25) is 0 Å². The first-order chi connectivity index (χ1) is 8.13. The summed E-state index contributed by atoms with van der Waals surface area (Å²) in [5.74, 6) is -0.556. The first-order valence-corrected chi connectivity index (χ1v) is 5.45. The van der Waals surface area contributed by atoms with Crippen molar-refractivity contribution >= 4 is 11.8 Å². The SMILES string of the molecule is NCc1ccccc1CC(=O)NCCC(N)=O. The molecule has 5 nitrogen and oxygen atoms in total. The van der Waals surface area contributed by atoms with Crippen molar-refractivity contribution in [1.29, 1.82) is 0 Å². The first kappa shape index (κ1) is 13.2. The molecule has 0 unspecified atom stereocenters. The molecule has 0 aliphatic carbocycles. The van der Waals surface area contributed by atoms with Gasteiger partial charge in [-0.3, -0.25) is 9.59 Å². The van der Waals surface area contributed by atoms with Crippen LogP contribution in [0.4, 0.5) is 0 Å². The molecule has 92 valence electrons. The zero-order valence-corrected chi connectivity index (χ0v) is 9.61. The molecular weight excluding hydrogens is 218 g/mol. The second-order valence-electron chi connectivity index (χ2n) is 3.72. The van der Waals surface area contributed by atoms with Gasteiger partial charge >= 0.3 is 0 Å². The van der Waals surface area contributed by atoms with Gasteiger partial charge in [-0.25, -0.2) is 0 Å². The van der Waals surface area contributed by atoms with Gasteiger partial charge < -0.3 is 16.8 Å². The van der Waals surface area contributed by atoms with Crippen molar-refractivity contribution in [1.82, 2.24) is 5.32 Å². The average molecular weight is 235 g/mol. The normalized spacial score (nSPS) is 9.94. The summed E-state index contributed by atoms with van der Waals surface area (Å²) < 4.78 is 0. The van der Waals surface area contributed by atoms with Crippen LogP contribution in [0.15, 0.2) is 24.3 Å². The summed E-state index contributed by atoms with van der Waals surface area (Å²) in [5, 5.41) is 2.63. The van der Waals surface area contributed by atoms with Gasteiger partial charge in [-0.1, -0.05) is 24.3 Å². The molecule has 0 heterocycles. The molecule has 0 spiro atoms. The third-order valence-corrected chi connectivity index (χ3v) is 2.38. The number of nitrogens with two attached hydrogens (primary N) is 2. The number of benzene rings is 1. The second-order valence-corrected chi connectivity index (χ2v) is 3.72. The molecule has 1 aromatic rings. The van der Waals surface area contributed by atoms with Crippen molar-refractivity contribution in [3.05, 3.63) is 35.4 Å². The molecule has 5 N–H and O–H groups in total. The summed E-state index contributed by atoms with van der Waals surface area (Å²) in [7, 11) is 0. The number of nitrogens with one attached hydrogen (secondary N) is 1. The minimum Gasteiger partial charge on any atom is -0.370 e. The van der Waals surface area contributed by atoms with Gasteiger partial charge in [0.15, 0.2) is 0 Å². The Labute approximate surface area is 100 Å². The zero-order valence-electron chi connectivity index (χ0n) is 9.61. The lowest BCUT2D eigenvalue weighted by Gasteiger charge is -2.07. The van der Waals surface area contributed by atoms with Gasteiger partial charge in [-0.2, -0.15) is 0 Å². The molecule has 1 rings (SSSR count). The van der Waals surface area contributed by atoms with Crippen LogP contribution in [0.5, 0.6) is 0 Å². The van der Waals surface area contributed by atoms with E-state index in [1.54, 1.807) is 0 Å². The molecule has 0 aromatic heterocycles. The molecule has 0 aliphatic rings.